The smallest absolute Gasteiger partial charge is 0.0480 e. The van der Waals surface area contributed by atoms with Gasteiger partial charge in [-0.2, -0.15) is 0 Å². The molecular weight excluding hydrogens is 378 g/mol. The van der Waals surface area contributed by atoms with Crippen molar-refractivity contribution in [1.82, 2.24) is 0 Å². The van der Waals surface area contributed by atoms with E-state index in [-0.39, 0.29) is 0 Å². The van der Waals surface area contributed by atoms with Crippen molar-refractivity contribution < 1.29 is 4.74 Å². The van der Waals surface area contributed by atoms with Crippen LogP contribution in [0.1, 0.15) is 168 Å². The van der Waals surface area contributed by atoms with Crippen LogP contribution in [0.4, 0.5) is 0 Å². The third-order valence-electron chi connectivity index (χ3n) is 6.70. The van der Waals surface area contributed by atoms with Crippen molar-refractivity contribution in [3.63, 3.8) is 0 Å². The minimum Gasteiger partial charge on any atom is -0.381 e. The van der Waals surface area contributed by atoms with Gasteiger partial charge in [0.15, 0.2) is 0 Å². The highest BCUT2D eigenvalue weighted by atomic mass is 16.5. The summed E-state index contributed by atoms with van der Waals surface area (Å²) < 4.78 is 5.82. The maximum absolute atomic E-state index is 6.26. The Hall–Kier alpha value is -0.0800. The van der Waals surface area contributed by atoms with Gasteiger partial charge >= 0.3 is 0 Å². The van der Waals surface area contributed by atoms with Gasteiger partial charge in [-0.15, -0.1) is 0 Å². The van der Waals surface area contributed by atoms with E-state index >= 15 is 0 Å². The lowest BCUT2D eigenvalue weighted by molar-refractivity contribution is 0.122. The van der Waals surface area contributed by atoms with Crippen molar-refractivity contribution in [2.24, 2.45) is 5.73 Å². The first-order chi connectivity index (χ1) is 15.3. The van der Waals surface area contributed by atoms with Gasteiger partial charge in [0.1, 0.15) is 0 Å². The number of rotatable bonds is 27. The topological polar surface area (TPSA) is 35.2 Å². The van der Waals surface area contributed by atoms with E-state index < -0.39 is 0 Å². The molecule has 0 radical (unpaired) electrons. The molecule has 2 N–H and O–H groups in total. The minimum absolute atomic E-state index is 0.344. The van der Waals surface area contributed by atoms with Crippen LogP contribution in [0.25, 0.3) is 0 Å². The van der Waals surface area contributed by atoms with Crippen LogP contribution in [0.2, 0.25) is 0 Å². The number of hydrogen-bond acceptors (Lipinski definition) is 2. The molecule has 0 fully saturated rings. The summed E-state index contributed by atoms with van der Waals surface area (Å²) in [5, 5.41) is 0. The molecule has 0 amide bonds. The standard InChI is InChI=1S/C29H61NO/c1-3-5-7-9-11-13-15-16-18-20-22-24-27-31-28-26-29(30)25-23-21-19-17-14-12-10-8-6-4-2/h29H,3-28,30H2,1-2H3. The predicted octanol–water partition coefficient (Wildman–Crippen LogP) is 9.73. The monoisotopic (exact) mass is 439 g/mol. The number of ether oxygens (including phenoxy) is 1. The van der Waals surface area contributed by atoms with E-state index in [1.807, 2.05) is 0 Å². The van der Waals surface area contributed by atoms with Crippen molar-refractivity contribution in [2.75, 3.05) is 13.2 Å². The summed E-state index contributed by atoms with van der Waals surface area (Å²) in [6.07, 6.45) is 33.0. The zero-order chi connectivity index (χ0) is 22.7. The Bertz CT molecular complexity index is 307. The average molecular weight is 440 g/mol. The molecule has 0 rings (SSSR count). The molecule has 0 aliphatic heterocycles. The number of unbranched alkanes of at least 4 members (excludes halogenated alkanes) is 20. The maximum atomic E-state index is 6.26. The Morgan fingerprint density at radius 3 is 1.19 bits per heavy atom. The first-order valence-corrected chi connectivity index (χ1v) is 14.6. The molecular formula is C29H61NO. The quantitative estimate of drug-likeness (QED) is 0.129. The van der Waals surface area contributed by atoms with Crippen LogP contribution in [0.15, 0.2) is 0 Å². The first kappa shape index (κ1) is 30.9. The van der Waals surface area contributed by atoms with Crippen LogP contribution in [0, 0.1) is 0 Å². The molecule has 0 aromatic carbocycles. The highest BCUT2D eigenvalue weighted by Crippen LogP contribution is 2.13. The van der Waals surface area contributed by atoms with E-state index in [4.69, 9.17) is 10.5 Å². The molecule has 2 heteroatoms. The lowest BCUT2D eigenvalue weighted by Gasteiger charge is -2.12. The summed E-state index contributed by atoms with van der Waals surface area (Å²) in [7, 11) is 0. The van der Waals surface area contributed by atoms with E-state index in [1.165, 1.54) is 148 Å². The SMILES string of the molecule is CCCCCCCCCCCCCCOCCC(N)CCCCCCCCCCCC. The average Bonchev–Trinajstić information content (AvgIpc) is 2.77. The Labute approximate surface area is 197 Å². The molecule has 0 aliphatic rings. The summed E-state index contributed by atoms with van der Waals surface area (Å²) in [5.41, 5.74) is 6.26. The molecule has 0 spiro atoms. The number of hydrogen-bond donors (Lipinski definition) is 1. The molecule has 0 aromatic heterocycles. The van der Waals surface area contributed by atoms with Gasteiger partial charge < -0.3 is 10.5 Å². The van der Waals surface area contributed by atoms with Crippen LogP contribution < -0.4 is 5.73 Å². The molecule has 0 bridgehead atoms. The van der Waals surface area contributed by atoms with Crippen molar-refractivity contribution in [2.45, 2.75) is 174 Å². The molecule has 1 atom stereocenters. The molecule has 31 heavy (non-hydrogen) atoms. The van der Waals surface area contributed by atoms with Gasteiger partial charge in [-0.05, 0) is 19.3 Å². The predicted molar refractivity (Wildman–Crippen MR) is 141 cm³/mol. The molecule has 0 aromatic rings. The third-order valence-corrected chi connectivity index (χ3v) is 6.70. The largest absolute Gasteiger partial charge is 0.381 e. The van der Waals surface area contributed by atoms with Crippen LogP contribution in [0.3, 0.4) is 0 Å². The van der Waals surface area contributed by atoms with Crippen molar-refractivity contribution in [1.29, 1.82) is 0 Å². The highest BCUT2D eigenvalue weighted by molar-refractivity contribution is 4.61. The van der Waals surface area contributed by atoms with E-state index in [2.05, 4.69) is 13.8 Å². The fourth-order valence-corrected chi connectivity index (χ4v) is 4.42. The van der Waals surface area contributed by atoms with E-state index in [9.17, 15) is 0 Å². The van der Waals surface area contributed by atoms with Crippen LogP contribution in [0.5, 0.6) is 0 Å². The summed E-state index contributed by atoms with van der Waals surface area (Å²) in [6, 6.07) is 0.344. The highest BCUT2D eigenvalue weighted by Gasteiger charge is 2.02. The van der Waals surface area contributed by atoms with Crippen LogP contribution in [-0.4, -0.2) is 19.3 Å². The molecule has 1 unspecified atom stereocenters. The van der Waals surface area contributed by atoms with Gasteiger partial charge in [-0.1, -0.05) is 149 Å². The lowest BCUT2D eigenvalue weighted by atomic mass is 10.0. The van der Waals surface area contributed by atoms with Gasteiger partial charge in [0.05, 0.1) is 0 Å². The van der Waals surface area contributed by atoms with Gasteiger partial charge in [0, 0.05) is 19.3 Å². The van der Waals surface area contributed by atoms with Gasteiger partial charge in [-0.25, -0.2) is 0 Å². The van der Waals surface area contributed by atoms with E-state index in [0.717, 1.165) is 19.6 Å². The summed E-state index contributed by atoms with van der Waals surface area (Å²) in [4.78, 5) is 0. The number of nitrogens with two attached hydrogens (primary N) is 1. The van der Waals surface area contributed by atoms with E-state index in [1.54, 1.807) is 0 Å². The van der Waals surface area contributed by atoms with Crippen molar-refractivity contribution in [3.05, 3.63) is 0 Å². The van der Waals surface area contributed by atoms with Gasteiger partial charge in [0.25, 0.3) is 0 Å². The molecule has 0 aliphatic carbocycles. The van der Waals surface area contributed by atoms with Crippen LogP contribution >= 0.6 is 0 Å². The molecule has 188 valence electrons. The molecule has 0 heterocycles. The maximum Gasteiger partial charge on any atom is 0.0480 e. The fourth-order valence-electron chi connectivity index (χ4n) is 4.42. The summed E-state index contributed by atoms with van der Waals surface area (Å²) in [6.45, 7) is 6.37. The fraction of sp³-hybridized carbons (Fsp3) is 1.00. The minimum atomic E-state index is 0.344. The summed E-state index contributed by atoms with van der Waals surface area (Å²) >= 11 is 0. The Kier molecular flexibility index (Phi) is 27.9. The normalized spacial score (nSPS) is 12.5. The second kappa shape index (κ2) is 28.0. The first-order valence-electron chi connectivity index (χ1n) is 14.6. The van der Waals surface area contributed by atoms with Crippen molar-refractivity contribution in [3.8, 4) is 0 Å². The second-order valence-electron chi connectivity index (χ2n) is 10.0. The second-order valence-corrected chi connectivity index (χ2v) is 10.0. The molecule has 0 saturated carbocycles. The molecule has 0 saturated heterocycles. The lowest BCUT2D eigenvalue weighted by Crippen LogP contribution is -2.22. The zero-order valence-electron chi connectivity index (χ0n) is 21.9. The van der Waals surface area contributed by atoms with Crippen molar-refractivity contribution >= 4 is 0 Å². The Morgan fingerprint density at radius 2 is 0.774 bits per heavy atom. The zero-order valence-corrected chi connectivity index (χ0v) is 21.9. The van der Waals surface area contributed by atoms with Crippen LogP contribution in [-0.2, 0) is 4.74 Å². The van der Waals surface area contributed by atoms with Gasteiger partial charge in [0.2, 0.25) is 0 Å². The van der Waals surface area contributed by atoms with Gasteiger partial charge in [-0.3, -0.25) is 0 Å². The third kappa shape index (κ3) is 27.9. The Balaban J connectivity index is 3.12. The Morgan fingerprint density at radius 1 is 0.419 bits per heavy atom. The van der Waals surface area contributed by atoms with E-state index in [0.29, 0.717) is 6.04 Å². The molecule has 2 nitrogen and oxygen atoms in total. The summed E-state index contributed by atoms with van der Waals surface area (Å²) in [5.74, 6) is 0.